The summed E-state index contributed by atoms with van der Waals surface area (Å²) in [6.45, 7) is 0.249. The summed E-state index contributed by atoms with van der Waals surface area (Å²) in [7, 11) is 1.55. The molecule has 1 aromatic heterocycles. The smallest absolute Gasteiger partial charge is 0.257 e. The fraction of sp³-hybridized carbons (Fsp3) is 0.100. The van der Waals surface area contributed by atoms with E-state index in [0.29, 0.717) is 17.0 Å². The molecule has 6 heteroatoms. The Bertz CT molecular complexity index is 981. The first-order chi connectivity index (χ1) is 12.5. The van der Waals surface area contributed by atoms with E-state index in [-0.39, 0.29) is 23.8 Å². The monoisotopic (exact) mass is 352 g/mol. The predicted octanol–water partition coefficient (Wildman–Crippen LogP) is 3.30. The van der Waals surface area contributed by atoms with Gasteiger partial charge in [-0.15, -0.1) is 0 Å². The van der Waals surface area contributed by atoms with Crippen LogP contribution in [0.25, 0.3) is 0 Å². The Balaban J connectivity index is 1.80. The molecule has 3 rings (SSSR count). The Hall–Kier alpha value is -3.41. The fourth-order valence-corrected chi connectivity index (χ4v) is 2.48. The van der Waals surface area contributed by atoms with Gasteiger partial charge < -0.3 is 14.6 Å². The molecule has 0 aliphatic carbocycles. The molecule has 5 nitrogen and oxygen atoms in total. The number of pyridine rings is 1. The molecule has 26 heavy (non-hydrogen) atoms. The van der Waals surface area contributed by atoms with E-state index >= 15 is 0 Å². The lowest BCUT2D eigenvalue weighted by molar-refractivity contribution is 0.102. The molecule has 0 aliphatic rings. The van der Waals surface area contributed by atoms with E-state index in [4.69, 9.17) is 4.74 Å². The second kappa shape index (κ2) is 7.65. The number of carbonyl (C=O) groups is 1. The third-order valence-corrected chi connectivity index (χ3v) is 3.84. The molecule has 1 heterocycles. The van der Waals surface area contributed by atoms with Crippen molar-refractivity contribution in [3.63, 3.8) is 0 Å². The molecule has 0 bridgehead atoms. The highest BCUT2D eigenvalue weighted by Gasteiger charge is 2.09. The Morgan fingerprint density at radius 3 is 2.62 bits per heavy atom. The summed E-state index contributed by atoms with van der Waals surface area (Å²) in [5.41, 5.74) is 1.45. The van der Waals surface area contributed by atoms with E-state index in [2.05, 4.69) is 5.32 Å². The van der Waals surface area contributed by atoms with E-state index in [1.54, 1.807) is 43.5 Å². The van der Waals surface area contributed by atoms with Crippen molar-refractivity contribution in [3.8, 4) is 5.75 Å². The standard InChI is InChI=1S/C20H17FN2O3/c1-26-18-4-2-3-17(11-18)22-20(25)15-7-10-19(24)23(13-15)12-14-5-8-16(21)9-6-14/h2-11,13H,12H2,1H3,(H,22,25). The molecule has 0 saturated heterocycles. The quantitative estimate of drug-likeness (QED) is 0.766. The van der Waals surface area contributed by atoms with Gasteiger partial charge in [0.1, 0.15) is 11.6 Å². The Morgan fingerprint density at radius 2 is 1.88 bits per heavy atom. The van der Waals surface area contributed by atoms with Crippen LogP contribution in [0.3, 0.4) is 0 Å². The van der Waals surface area contributed by atoms with E-state index in [9.17, 15) is 14.0 Å². The van der Waals surface area contributed by atoms with Gasteiger partial charge in [-0.25, -0.2) is 4.39 Å². The third kappa shape index (κ3) is 4.16. The average molecular weight is 352 g/mol. The van der Waals surface area contributed by atoms with Gasteiger partial charge in [0.15, 0.2) is 0 Å². The zero-order valence-electron chi connectivity index (χ0n) is 14.1. The van der Waals surface area contributed by atoms with Gasteiger partial charge >= 0.3 is 0 Å². The van der Waals surface area contributed by atoms with Crippen LogP contribution in [0.1, 0.15) is 15.9 Å². The fourth-order valence-electron chi connectivity index (χ4n) is 2.48. The first-order valence-corrected chi connectivity index (χ1v) is 7.95. The predicted molar refractivity (Wildman–Crippen MR) is 97.2 cm³/mol. The summed E-state index contributed by atoms with van der Waals surface area (Å²) in [6, 6.07) is 15.7. The number of benzene rings is 2. The van der Waals surface area contributed by atoms with Crippen LogP contribution in [0.5, 0.6) is 5.75 Å². The molecule has 0 radical (unpaired) electrons. The second-order valence-electron chi connectivity index (χ2n) is 5.70. The number of nitrogens with zero attached hydrogens (tertiary/aromatic N) is 1. The van der Waals surface area contributed by atoms with E-state index in [1.807, 2.05) is 0 Å². The average Bonchev–Trinajstić information content (AvgIpc) is 2.65. The first-order valence-electron chi connectivity index (χ1n) is 7.95. The topological polar surface area (TPSA) is 60.3 Å². The van der Waals surface area contributed by atoms with Crippen LogP contribution in [0, 0.1) is 5.82 Å². The molecule has 0 unspecified atom stereocenters. The van der Waals surface area contributed by atoms with Crippen LogP contribution >= 0.6 is 0 Å². The number of anilines is 1. The number of rotatable bonds is 5. The van der Waals surface area contributed by atoms with E-state index in [1.165, 1.54) is 35.0 Å². The molecule has 1 N–H and O–H groups in total. The number of halogens is 1. The molecule has 2 aromatic carbocycles. The van der Waals surface area contributed by atoms with Crippen LogP contribution in [0.15, 0.2) is 71.7 Å². The number of methoxy groups -OCH3 is 1. The maximum atomic E-state index is 13.0. The Labute approximate surface area is 149 Å². The largest absolute Gasteiger partial charge is 0.497 e. The van der Waals surface area contributed by atoms with E-state index in [0.717, 1.165) is 5.56 Å². The molecule has 1 amide bonds. The van der Waals surface area contributed by atoms with Crippen molar-refractivity contribution in [2.24, 2.45) is 0 Å². The molecule has 0 aliphatic heterocycles. The molecule has 0 atom stereocenters. The van der Waals surface area contributed by atoms with Crippen molar-refractivity contribution in [2.45, 2.75) is 6.54 Å². The Kier molecular flexibility index (Phi) is 5.12. The normalized spacial score (nSPS) is 10.4. The number of amides is 1. The minimum Gasteiger partial charge on any atom is -0.497 e. The number of hydrogen-bond donors (Lipinski definition) is 1. The van der Waals surface area contributed by atoms with Gasteiger partial charge in [0, 0.05) is 24.0 Å². The highest BCUT2D eigenvalue weighted by Crippen LogP contribution is 2.17. The van der Waals surface area contributed by atoms with Crippen LogP contribution in [-0.4, -0.2) is 17.6 Å². The van der Waals surface area contributed by atoms with E-state index < -0.39 is 0 Å². The van der Waals surface area contributed by atoms with Crippen LogP contribution in [0.4, 0.5) is 10.1 Å². The van der Waals surface area contributed by atoms with Crippen molar-refractivity contribution in [3.05, 3.63) is 94.2 Å². The van der Waals surface area contributed by atoms with Crippen molar-refractivity contribution < 1.29 is 13.9 Å². The summed E-state index contributed by atoms with van der Waals surface area (Å²) >= 11 is 0. The molecular formula is C20H17FN2O3. The molecular weight excluding hydrogens is 335 g/mol. The van der Waals surface area contributed by atoms with Gasteiger partial charge in [0.2, 0.25) is 0 Å². The summed E-state index contributed by atoms with van der Waals surface area (Å²) in [5.74, 6) is -0.0531. The number of nitrogens with one attached hydrogen (secondary N) is 1. The lowest BCUT2D eigenvalue weighted by atomic mass is 10.2. The first kappa shape index (κ1) is 17.4. The third-order valence-electron chi connectivity index (χ3n) is 3.84. The highest BCUT2D eigenvalue weighted by molar-refractivity contribution is 6.04. The van der Waals surface area contributed by atoms with Gasteiger partial charge in [-0.1, -0.05) is 18.2 Å². The lowest BCUT2D eigenvalue weighted by Crippen LogP contribution is -2.22. The minimum absolute atomic E-state index is 0.243. The van der Waals surface area contributed by atoms with Gasteiger partial charge in [0.25, 0.3) is 11.5 Å². The number of carbonyl (C=O) groups excluding carboxylic acids is 1. The highest BCUT2D eigenvalue weighted by atomic mass is 19.1. The summed E-state index contributed by atoms with van der Waals surface area (Å²) in [6.07, 6.45) is 1.49. The molecule has 0 spiro atoms. The number of ether oxygens (including phenoxy) is 1. The van der Waals surface area contributed by atoms with Crippen molar-refractivity contribution in [1.29, 1.82) is 0 Å². The number of hydrogen-bond acceptors (Lipinski definition) is 3. The summed E-state index contributed by atoms with van der Waals surface area (Å²) in [4.78, 5) is 24.5. The maximum absolute atomic E-state index is 13.0. The lowest BCUT2D eigenvalue weighted by Gasteiger charge is -2.10. The number of aromatic nitrogens is 1. The molecule has 0 fully saturated rings. The van der Waals surface area contributed by atoms with Crippen LogP contribution in [0.2, 0.25) is 0 Å². The van der Waals surface area contributed by atoms with Crippen molar-refractivity contribution in [1.82, 2.24) is 4.57 Å². The molecule has 132 valence electrons. The van der Waals surface area contributed by atoms with Crippen LogP contribution < -0.4 is 15.6 Å². The van der Waals surface area contributed by atoms with Crippen LogP contribution in [-0.2, 0) is 6.54 Å². The van der Waals surface area contributed by atoms with Crippen molar-refractivity contribution in [2.75, 3.05) is 12.4 Å². The Morgan fingerprint density at radius 1 is 1.12 bits per heavy atom. The van der Waals surface area contributed by atoms with Gasteiger partial charge in [-0.05, 0) is 35.9 Å². The molecule has 3 aromatic rings. The molecule has 0 saturated carbocycles. The van der Waals surface area contributed by atoms with Gasteiger partial charge in [-0.2, -0.15) is 0 Å². The maximum Gasteiger partial charge on any atom is 0.257 e. The zero-order valence-corrected chi connectivity index (χ0v) is 14.1. The van der Waals surface area contributed by atoms with Gasteiger partial charge in [0.05, 0.1) is 19.2 Å². The van der Waals surface area contributed by atoms with Crippen molar-refractivity contribution >= 4 is 11.6 Å². The summed E-state index contributed by atoms with van der Waals surface area (Å²) in [5, 5.41) is 2.77. The minimum atomic E-state index is -0.342. The second-order valence-corrected chi connectivity index (χ2v) is 5.70. The summed E-state index contributed by atoms with van der Waals surface area (Å²) < 4.78 is 19.5. The van der Waals surface area contributed by atoms with Gasteiger partial charge in [-0.3, -0.25) is 9.59 Å². The zero-order chi connectivity index (χ0) is 18.5. The SMILES string of the molecule is COc1cccc(NC(=O)c2ccc(=O)n(Cc3ccc(F)cc3)c2)c1.